The Kier molecular flexibility index (Phi) is 6.23. The van der Waals surface area contributed by atoms with Crippen LogP contribution in [-0.4, -0.2) is 46.8 Å². The molecule has 5 heteroatoms. The number of nitrogens with one attached hydrogen (secondary N) is 1. The Morgan fingerprint density at radius 2 is 2.00 bits per heavy atom. The predicted molar refractivity (Wildman–Crippen MR) is 99.4 cm³/mol. The fraction of sp³-hybridized carbons (Fsp3) is 0.500. The van der Waals surface area contributed by atoms with Crippen LogP contribution in [0.4, 0.5) is 0 Å². The molecular formula is C20H28N4O. The first-order valence-corrected chi connectivity index (χ1v) is 9.24. The maximum atomic E-state index is 12.0. The molecule has 0 bridgehead atoms. The number of amides is 1. The van der Waals surface area contributed by atoms with E-state index in [1.165, 1.54) is 11.1 Å². The van der Waals surface area contributed by atoms with Gasteiger partial charge >= 0.3 is 0 Å². The molecule has 1 aromatic heterocycles. The van der Waals surface area contributed by atoms with Crippen molar-refractivity contribution >= 4 is 5.91 Å². The Hall–Kier alpha value is -2.14. The highest BCUT2D eigenvalue weighted by molar-refractivity contribution is 5.76. The van der Waals surface area contributed by atoms with Crippen molar-refractivity contribution in [1.82, 2.24) is 20.0 Å². The Bertz CT molecular complexity index is 659. The Labute approximate surface area is 150 Å². The van der Waals surface area contributed by atoms with Crippen molar-refractivity contribution in [2.24, 2.45) is 0 Å². The van der Waals surface area contributed by atoms with Crippen LogP contribution in [0, 0.1) is 6.92 Å². The van der Waals surface area contributed by atoms with Gasteiger partial charge in [0.05, 0.1) is 12.2 Å². The van der Waals surface area contributed by atoms with Gasteiger partial charge in [-0.15, -0.1) is 0 Å². The molecule has 3 rings (SSSR count). The van der Waals surface area contributed by atoms with E-state index < -0.39 is 0 Å². The number of carbonyl (C=O) groups is 1. The van der Waals surface area contributed by atoms with E-state index in [4.69, 9.17) is 0 Å². The van der Waals surface area contributed by atoms with E-state index in [2.05, 4.69) is 45.3 Å². The number of nitrogens with zero attached hydrogens (tertiary/aromatic N) is 3. The highest BCUT2D eigenvalue weighted by Crippen LogP contribution is 2.22. The molecule has 2 aromatic rings. The van der Waals surface area contributed by atoms with Gasteiger partial charge in [0.15, 0.2) is 0 Å². The van der Waals surface area contributed by atoms with Crippen LogP contribution in [0.5, 0.6) is 0 Å². The van der Waals surface area contributed by atoms with Gasteiger partial charge in [-0.2, -0.15) is 5.10 Å². The van der Waals surface area contributed by atoms with Gasteiger partial charge in [-0.05, 0) is 37.3 Å². The van der Waals surface area contributed by atoms with Crippen molar-refractivity contribution in [3.05, 3.63) is 53.9 Å². The Morgan fingerprint density at radius 3 is 2.68 bits per heavy atom. The molecule has 25 heavy (non-hydrogen) atoms. The second-order valence-corrected chi connectivity index (χ2v) is 6.91. The smallest absolute Gasteiger partial charge is 0.221 e. The third-order valence-electron chi connectivity index (χ3n) is 4.90. The first kappa shape index (κ1) is 17.7. The van der Waals surface area contributed by atoms with Crippen LogP contribution < -0.4 is 5.32 Å². The molecule has 5 nitrogen and oxygen atoms in total. The third-order valence-corrected chi connectivity index (χ3v) is 4.90. The van der Waals surface area contributed by atoms with Gasteiger partial charge < -0.3 is 10.2 Å². The number of benzene rings is 1. The van der Waals surface area contributed by atoms with Crippen LogP contribution in [0.15, 0.2) is 42.7 Å². The molecule has 0 saturated carbocycles. The summed E-state index contributed by atoms with van der Waals surface area (Å²) in [5.41, 5.74) is 2.48. The maximum Gasteiger partial charge on any atom is 0.221 e. The van der Waals surface area contributed by atoms with E-state index in [-0.39, 0.29) is 5.91 Å². The molecule has 0 spiro atoms. The fourth-order valence-corrected chi connectivity index (χ4v) is 3.38. The molecule has 1 amide bonds. The first-order chi connectivity index (χ1) is 12.2. The van der Waals surface area contributed by atoms with Gasteiger partial charge in [0, 0.05) is 38.8 Å². The molecule has 1 aliphatic rings. The van der Waals surface area contributed by atoms with Gasteiger partial charge in [0.25, 0.3) is 0 Å². The van der Waals surface area contributed by atoms with E-state index >= 15 is 0 Å². The number of hydrogen-bond acceptors (Lipinski definition) is 3. The molecule has 134 valence electrons. The van der Waals surface area contributed by atoms with E-state index in [0.717, 1.165) is 38.9 Å². The summed E-state index contributed by atoms with van der Waals surface area (Å²) in [5, 5.41) is 7.46. The van der Waals surface area contributed by atoms with Crippen LogP contribution in [-0.2, 0) is 11.2 Å². The zero-order chi connectivity index (χ0) is 17.5. The normalized spacial score (nSPS) is 16.0. The van der Waals surface area contributed by atoms with Crippen LogP contribution in [0.2, 0.25) is 0 Å². The number of aromatic nitrogens is 2. The SMILES string of the molecule is Cc1cnn(C2CCN(CCC(=O)NCCc3ccccc3)CC2)c1. The lowest BCUT2D eigenvalue weighted by atomic mass is 10.1. The zero-order valence-corrected chi connectivity index (χ0v) is 15.0. The van der Waals surface area contributed by atoms with Gasteiger partial charge in [-0.3, -0.25) is 9.48 Å². The number of rotatable bonds is 7. The molecular weight excluding hydrogens is 312 g/mol. The van der Waals surface area contributed by atoms with Crippen LogP contribution in [0.3, 0.4) is 0 Å². The van der Waals surface area contributed by atoms with Gasteiger partial charge in [0.2, 0.25) is 5.91 Å². The second kappa shape index (κ2) is 8.81. The van der Waals surface area contributed by atoms with E-state index in [1.807, 2.05) is 24.4 Å². The Morgan fingerprint density at radius 1 is 1.24 bits per heavy atom. The summed E-state index contributed by atoms with van der Waals surface area (Å²) in [4.78, 5) is 14.4. The molecule has 1 N–H and O–H groups in total. The van der Waals surface area contributed by atoms with Crippen molar-refractivity contribution in [2.75, 3.05) is 26.2 Å². The van der Waals surface area contributed by atoms with Crippen molar-refractivity contribution in [1.29, 1.82) is 0 Å². The van der Waals surface area contributed by atoms with Gasteiger partial charge in [-0.25, -0.2) is 0 Å². The molecule has 0 atom stereocenters. The summed E-state index contributed by atoms with van der Waals surface area (Å²) >= 11 is 0. The standard InChI is InChI=1S/C20H28N4O/c1-17-15-22-24(16-17)19-8-12-23(13-9-19)14-10-20(25)21-11-7-18-5-3-2-4-6-18/h2-6,15-16,19H,7-14H2,1H3,(H,21,25). The van der Waals surface area contributed by atoms with Crippen LogP contribution in [0.1, 0.15) is 36.4 Å². The average molecular weight is 340 g/mol. The molecule has 1 aromatic carbocycles. The second-order valence-electron chi connectivity index (χ2n) is 6.91. The summed E-state index contributed by atoms with van der Waals surface area (Å²) in [6.45, 7) is 5.72. The number of aryl methyl sites for hydroxylation is 1. The average Bonchev–Trinajstić information content (AvgIpc) is 3.08. The molecule has 1 fully saturated rings. The molecule has 2 heterocycles. The number of carbonyl (C=O) groups excluding carboxylic acids is 1. The highest BCUT2D eigenvalue weighted by Gasteiger charge is 2.21. The zero-order valence-electron chi connectivity index (χ0n) is 15.0. The monoisotopic (exact) mass is 340 g/mol. The molecule has 1 saturated heterocycles. The third kappa shape index (κ3) is 5.43. The van der Waals surface area contributed by atoms with E-state index in [0.29, 0.717) is 19.0 Å². The molecule has 0 unspecified atom stereocenters. The summed E-state index contributed by atoms with van der Waals surface area (Å²) in [7, 11) is 0. The lowest BCUT2D eigenvalue weighted by Crippen LogP contribution is -2.37. The summed E-state index contributed by atoms with van der Waals surface area (Å²) in [6, 6.07) is 10.8. The maximum absolute atomic E-state index is 12.0. The molecule has 0 aliphatic carbocycles. The summed E-state index contributed by atoms with van der Waals surface area (Å²) in [5.74, 6) is 0.153. The van der Waals surface area contributed by atoms with E-state index in [1.54, 1.807) is 0 Å². The van der Waals surface area contributed by atoms with E-state index in [9.17, 15) is 4.79 Å². The van der Waals surface area contributed by atoms with Crippen molar-refractivity contribution in [2.45, 2.75) is 38.6 Å². The highest BCUT2D eigenvalue weighted by atomic mass is 16.1. The molecule has 1 aliphatic heterocycles. The number of hydrogen-bond donors (Lipinski definition) is 1. The quantitative estimate of drug-likeness (QED) is 0.843. The summed E-state index contributed by atoms with van der Waals surface area (Å²) < 4.78 is 2.10. The Balaban J connectivity index is 1.31. The van der Waals surface area contributed by atoms with Crippen molar-refractivity contribution < 1.29 is 4.79 Å². The van der Waals surface area contributed by atoms with Crippen LogP contribution in [0.25, 0.3) is 0 Å². The minimum Gasteiger partial charge on any atom is -0.356 e. The largest absolute Gasteiger partial charge is 0.356 e. The van der Waals surface area contributed by atoms with Gasteiger partial charge in [-0.1, -0.05) is 30.3 Å². The topological polar surface area (TPSA) is 50.2 Å². The molecule has 0 radical (unpaired) electrons. The minimum absolute atomic E-state index is 0.153. The van der Waals surface area contributed by atoms with Gasteiger partial charge in [0.1, 0.15) is 0 Å². The predicted octanol–water partition coefficient (Wildman–Crippen LogP) is 2.58. The lowest BCUT2D eigenvalue weighted by molar-refractivity contribution is -0.121. The fourth-order valence-electron chi connectivity index (χ4n) is 3.38. The number of piperidine rings is 1. The van der Waals surface area contributed by atoms with Crippen molar-refractivity contribution in [3.63, 3.8) is 0 Å². The van der Waals surface area contributed by atoms with Crippen molar-refractivity contribution in [3.8, 4) is 0 Å². The first-order valence-electron chi connectivity index (χ1n) is 9.24. The van der Waals surface area contributed by atoms with Crippen LogP contribution >= 0.6 is 0 Å². The number of likely N-dealkylation sites (tertiary alicyclic amines) is 1. The lowest BCUT2D eigenvalue weighted by Gasteiger charge is -2.31. The summed E-state index contributed by atoms with van der Waals surface area (Å²) in [6.07, 6.45) is 7.74. The minimum atomic E-state index is 0.153.